The lowest BCUT2D eigenvalue weighted by Crippen LogP contribution is -2.32. The highest BCUT2D eigenvalue weighted by Crippen LogP contribution is 2.48. The number of pyridine rings is 1. The Hall–Kier alpha value is -2.71. The molecule has 5 rings (SSSR count). The van der Waals surface area contributed by atoms with Gasteiger partial charge in [0, 0.05) is 41.0 Å². The summed E-state index contributed by atoms with van der Waals surface area (Å²) in [4.78, 5) is 9.12. The number of anilines is 1. The summed E-state index contributed by atoms with van der Waals surface area (Å²) in [6.07, 6.45) is 5.75. The third-order valence-corrected chi connectivity index (χ3v) is 6.70. The zero-order valence-corrected chi connectivity index (χ0v) is 18.1. The van der Waals surface area contributed by atoms with Gasteiger partial charge in [-0.15, -0.1) is 0 Å². The third-order valence-electron chi connectivity index (χ3n) is 5.96. The Morgan fingerprint density at radius 2 is 1.75 bits per heavy atom. The molecule has 32 heavy (non-hydrogen) atoms. The average Bonchev–Trinajstić information content (AvgIpc) is 3.46. The maximum atomic E-state index is 12.6. The first-order valence-corrected chi connectivity index (χ1v) is 11.2. The Kier molecular flexibility index (Phi) is 5.51. The molecular weight excluding hydrogens is 435 g/mol. The van der Waals surface area contributed by atoms with Crippen molar-refractivity contribution in [3.63, 3.8) is 0 Å². The summed E-state index contributed by atoms with van der Waals surface area (Å²) in [6.45, 7) is 2.32. The fourth-order valence-corrected chi connectivity index (χ4v) is 4.72. The maximum absolute atomic E-state index is 12.6. The second-order valence-electron chi connectivity index (χ2n) is 8.20. The number of alkyl halides is 3. The Labute approximate surface area is 189 Å². The van der Waals surface area contributed by atoms with Crippen molar-refractivity contribution >= 4 is 17.4 Å². The van der Waals surface area contributed by atoms with Gasteiger partial charge in [0.2, 0.25) is 0 Å². The van der Waals surface area contributed by atoms with E-state index in [9.17, 15) is 13.2 Å². The number of halogens is 3. The van der Waals surface area contributed by atoms with Crippen molar-refractivity contribution in [2.75, 3.05) is 18.1 Å². The van der Waals surface area contributed by atoms with Crippen LogP contribution in [0.2, 0.25) is 0 Å². The number of ether oxygens (including phenoxy) is 1. The van der Waals surface area contributed by atoms with Crippen LogP contribution in [-0.4, -0.2) is 34.1 Å². The van der Waals surface area contributed by atoms with E-state index in [0.29, 0.717) is 0 Å². The summed E-state index contributed by atoms with van der Waals surface area (Å²) < 4.78 is 43.9. The standard InChI is InChI=1S/C24H22F3N3OS/c25-24(26,27)32-21-8-6-19(7-9-21)29-16-23(11-12-23)30(17-29)15-18-10-13-28-14-22(18)31-20-4-2-1-3-5-20/h1-10,13-14H,11-12,15-17H2. The van der Waals surface area contributed by atoms with E-state index in [1.54, 1.807) is 36.7 Å². The van der Waals surface area contributed by atoms with Gasteiger partial charge >= 0.3 is 5.51 Å². The molecule has 1 saturated carbocycles. The molecule has 166 valence electrons. The number of thioether (sulfide) groups is 1. The lowest BCUT2D eigenvalue weighted by molar-refractivity contribution is -0.0328. The highest BCUT2D eigenvalue weighted by Gasteiger charge is 2.53. The molecule has 1 aliphatic heterocycles. The molecule has 4 nitrogen and oxygen atoms in total. The quantitative estimate of drug-likeness (QED) is 0.405. The zero-order chi connectivity index (χ0) is 22.2. The van der Waals surface area contributed by atoms with Crippen LogP contribution < -0.4 is 9.64 Å². The first kappa shape index (κ1) is 21.2. The first-order valence-electron chi connectivity index (χ1n) is 10.4. The highest BCUT2D eigenvalue weighted by molar-refractivity contribution is 8.00. The van der Waals surface area contributed by atoms with Crippen LogP contribution in [0.25, 0.3) is 0 Å². The summed E-state index contributed by atoms with van der Waals surface area (Å²) in [6, 6.07) is 18.3. The van der Waals surface area contributed by atoms with E-state index in [4.69, 9.17) is 4.74 Å². The molecule has 2 heterocycles. The van der Waals surface area contributed by atoms with Crippen LogP contribution in [0, 0.1) is 0 Å². The molecule has 0 radical (unpaired) electrons. The Morgan fingerprint density at radius 1 is 1.00 bits per heavy atom. The van der Waals surface area contributed by atoms with Gasteiger partial charge in [-0.05, 0) is 67.1 Å². The molecule has 1 aromatic heterocycles. The van der Waals surface area contributed by atoms with Gasteiger partial charge in [0.05, 0.1) is 12.9 Å². The number of para-hydroxylation sites is 1. The van der Waals surface area contributed by atoms with Crippen LogP contribution in [0.1, 0.15) is 18.4 Å². The van der Waals surface area contributed by atoms with Gasteiger partial charge in [-0.1, -0.05) is 18.2 Å². The molecule has 0 unspecified atom stereocenters. The predicted octanol–water partition coefficient (Wildman–Crippen LogP) is 6.30. The fourth-order valence-electron chi connectivity index (χ4n) is 4.18. The van der Waals surface area contributed by atoms with Crippen LogP contribution >= 0.6 is 11.8 Å². The average molecular weight is 458 g/mol. The summed E-state index contributed by atoms with van der Waals surface area (Å²) in [5.74, 6) is 1.50. The molecule has 0 N–H and O–H groups in total. The lowest BCUT2D eigenvalue weighted by atomic mass is 10.2. The number of hydrogen-bond acceptors (Lipinski definition) is 5. The van der Waals surface area contributed by atoms with Crippen molar-refractivity contribution in [2.24, 2.45) is 0 Å². The van der Waals surface area contributed by atoms with E-state index < -0.39 is 5.51 Å². The Balaban J connectivity index is 1.30. The summed E-state index contributed by atoms with van der Waals surface area (Å²) in [5, 5.41) is 0. The molecule has 1 aliphatic carbocycles. The molecule has 8 heteroatoms. The van der Waals surface area contributed by atoms with Crippen LogP contribution in [0.3, 0.4) is 0 Å². The Morgan fingerprint density at radius 3 is 2.44 bits per heavy atom. The molecule has 0 bridgehead atoms. The zero-order valence-electron chi connectivity index (χ0n) is 17.3. The van der Waals surface area contributed by atoms with Crippen molar-refractivity contribution in [3.05, 3.63) is 78.6 Å². The minimum Gasteiger partial charge on any atom is -0.455 e. The molecule has 0 atom stereocenters. The largest absolute Gasteiger partial charge is 0.455 e. The minimum absolute atomic E-state index is 0.0801. The van der Waals surface area contributed by atoms with Gasteiger partial charge in [0.15, 0.2) is 0 Å². The van der Waals surface area contributed by atoms with Gasteiger partial charge in [0.1, 0.15) is 11.5 Å². The molecule has 2 fully saturated rings. The number of rotatable bonds is 6. The molecule has 3 aromatic rings. The molecule has 0 amide bonds. The van der Waals surface area contributed by atoms with Gasteiger partial charge in [-0.2, -0.15) is 13.2 Å². The van der Waals surface area contributed by atoms with Gasteiger partial charge in [0.25, 0.3) is 0 Å². The number of benzene rings is 2. The van der Waals surface area contributed by atoms with E-state index in [-0.39, 0.29) is 22.2 Å². The molecule has 2 aliphatic rings. The third kappa shape index (κ3) is 4.71. The summed E-state index contributed by atoms with van der Waals surface area (Å²) in [5.41, 5.74) is -2.14. The first-order chi connectivity index (χ1) is 15.4. The SMILES string of the molecule is FC(F)(F)Sc1ccc(N2CN(Cc3ccncc3Oc3ccccc3)C3(CC3)C2)cc1. The van der Waals surface area contributed by atoms with Crippen molar-refractivity contribution in [1.29, 1.82) is 0 Å². The smallest absolute Gasteiger partial charge is 0.446 e. The van der Waals surface area contributed by atoms with Crippen LogP contribution in [0.4, 0.5) is 18.9 Å². The molecule has 1 spiro atoms. The van der Waals surface area contributed by atoms with Crippen LogP contribution in [0.15, 0.2) is 78.0 Å². The van der Waals surface area contributed by atoms with E-state index in [0.717, 1.165) is 55.3 Å². The van der Waals surface area contributed by atoms with Gasteiger partial charge < -0.3 is 9.64 Å². The van der Waals surface area contributed by atoms with Gasteiger partial charge in [-0.3, -0.25) is 9.88 Å². The Bertz CT molecular complexity index is 1070. The van der Waals surface area contributed by atoms with Crippen molar-refractivity contribution < 1.29 is 17.9 Å². The summed E-state index contributed by atoms with van der Waals surface area (Å²) >= 11 is -0.0801. The fraction of sp³-hybridized carbons (Fsp3) is 0.292. The van der Waals surface area contributed by atoms with Crippen molar-refractivity contribution in [3.8, 4) is 11.5 Å². The number of aromatic nitrogens is 1. The van der Waals surface area contributed by atoms with E-state index >= 15 is 0 Å². The predicted molar refractivity (Wildman–Crippen MR) is 119 cm³/mol. The second kappa shape index (κ2) is 8.33. The van der Waals surface area contributed by atoms with Crippen LogP contribution in [-0.2, 0) is 6.54 Å². The van der Waals surface area contributed by atoms with Crippen molar-refractivity contribution in [1.82, 2.24) is 9.88 Å². The van der Waals surface area contributed by atoms with E-state index in [2.05, 4.69) is 14.8 Å². The minimum atomic E-state index is -4.27. The van der Waals surface area contributed by atoms with E-state index in [1.165, 1.54) is 0 Å². The monoisotopic (exact) mass is 457 g/mol. The second-order valence-corrected chi connectivity index (χ2v) is 9.34. The lowest BCUT2D eigenvalue weighted by Gasteiger charge is -2.23. The number of hydrogen-bond donors (Lipinski definition) is 0. The highest BCUT2D eigenvalue weighted by atomic mass is 32.2. The topological polar surface area (TPSA) is 28.6 Å². The molecule has 2 aromatic carbocycles. The van der Waals surface area contributed by atoms with Gasteiger partial charge in [-0.25, -0.2) is 0 Å². The van der Waals surface area contributed by atoms with Crippen molar-refractivity contribution in [2.45, 2.75) is 35.3 Å². The van der Waals surface area contributed by atoms with E-state index in [1.807, 2.05) is 36.4 Å². The van der Waals surface area contributed by atoms with Crippen LogP contribution in [0.5, 0.6) is 11.5 Å². The molecular formula is C24H22F3N3OS. The molecule has 1 saturated heterocycles. The number of nitrogens with zero attached hydrogens (tertiary/aromatic N) is 3. The maximum Gasteiger partial charge on any atom is 0.446 e. The summed E-state index contributed by atoms with van der Waals surface area (Å²) in [7, 11) is 0. The normalized spacial score (nSPS) is 17.7.